The van der Waals surface area contributed by atoms with Crippen molar-refractivity contribution in [1.29, 1.82) is 0 Å². The van der Waals surface area contributed by atoms with Gasteiger partial charge in [-0.1, -0.05) is 24.3 Å². The van der Waals surface area contributed by atoms with E-state index in [1.807, 2.05) is 66.2 Å². The Hall–Kier alpha value is -3.56. The number of nitrogens with zero attached hydrogens (tertiary/aromatic N) is 2. The fourth-order valence-electron chi connectivity index (χ4n) is 3.16. The van der Waals surface area contributed by atoms with E-state index in [1.165, 1.54) is 29.6 Å². The maximum atomic E-state index is 12.5. The Kier molecular flexibility index (Phi) is 7.11. The van der Waals surface area contributed by atoms with Gasteiger partial charge in [0, 0.05) is 28.9 Å². The first-order valence-corrected chi connectivity index (χ1v) is 12.1. The number of para-hydroxylation sites is 1. The lowest BCUT2D eigenvalue weighted by Crippen LogP contribution is -2.14. The van der Waals surface area contributed by atoms with Gasteiger partial charge in [-0.15, -0.1) is 22.7 Å². The zero-order valence-corrected chi connectivity index (χ0v) is 19.8. The van der Waals surface area contributed by atoms with E-state index in [9.17, 15) is 9.59 Å². The van der Waals surface area contributed by atoms with Crippen LogP contribution in [0.5, 0.6) is 5.75 Å². The Morgan fingerprint density at radius 1 is 0.970 bits per heavy atom. The topological polar surface area (TPSA) is 93.2 Å². The summed E-state index contributed by atoms with van der Waals surface area (Å²) in [6, 6.07) is 15.1. The zero-order valence-electron chi connectivity index (χ0n) is 18.1. The molecule has 0 unspecified atom stereocenters. The molecule has 0 spiro atoms. The number of nitrogens with one attached hydrogen (secondary N) is 2. The van der Waals surface area contributed by atoms with Gasteiger partial charge in [-0.3, -0.25) is 9.59 Å². The average Bonchev–Trinajstić information content (AvgIpc) is 3.44. The molecule has 0 atom stereocenters. The molecule has 2 aromatic heterocycles. The van der Waals surface area contributed by atoms with E-state index in [-0.39, 0.29) is 18.2 Å². The summed E-state index contributed by atoms with van der Waals surface area (Å²) >= 11 is 2.85. The summed E-state index contributed by atoms with van der Waals surface area (Å²) in [5, 5.41) is 10.7. The van der Waals surface area contributed by atoms with E-state index in [1.54, 1.807) is 0 Å². The lowest BCUT2D eigenvalue weighted by molar-refractivity contribution is -0.116. The second-order valence-electron chi connectivity index (χ2n) is 7.09. The van der Waals surface area contributed by atoms with Crippen LogP contribution in [0.1, 0.15) is 19.5 Å². The van der Waals surface area contributed by atoms with E-state index in [4.69, 9.17) is 4.74 Å². The zero-order chi connectivity index (χ0) is 23.2. The van der Waals surface area contributed by atoms with Gasteiger partial charge in [-0.25, -0.2) is 9.97 Å². The molecule has 33 heavy (non-hydrogen) atoms. The smallest absolute Gasteiger partial charge is 0.232 e. The molecule has 0 fully saturated rings. The molecule has 2 N–H and O–H groups in total. The van der Waals surface area contributed by atoms with Crippen molar-refractivity contribution in [2.24, 2.45) is 0 Å². The van der Waals surface area contributed by atoms with E-state index in [0.29, 0.717) is 17.4 Å². The number of carbonyl (C=O) groups excluding carboxylic acids is 2. The van der Waals surface area contributed by atoms with Crippen molar-refractivity contribution >= 4 is 45.3 Å². The Morgan fingerprint density at radius 2 is 1.76 bits per heavy atom. The number of thiazole rings is 2. The number of amides is 2. The van der Waals surface area contributed by atoms with Gasteiger partial charge < -0.3 is 15.4 Å². The molecule has 2 heterocycles. The summed E-state index contributed by atoms with van der Waals surface area (Å²) < 4.78 is 5.68. The number of anilines is 2. The molecule has 0 bridgehead atoms. The van der Waals surface area contributed by atoms with Crippen LogP contribution >= 0.6 is 22.7 Å². The van der Waals surface area contributed by atoms with Crippen LogP contribution in [0.2, 0.25) is 0 Å². The van der Waals surface area contributed by atoms with Gasteiger partial charge in [0.05, 0.1) is 30.0 Å². The largest absolute Gasteiger partial charge is 0.493 e. The second kappa shape index (κ2) is 10.4. The molecule has 4 rings (SSSR count). The minimum Gasteiger partial charge on any atom is -0.493 e. The third kappa shape index (κ3) is 5.82. The van der Waals surface area contributed by atoms with Gasteiger partial charge in [0.15, 0.2) is 5.13 Å². The summed E-state index contributed by atoms with van der Waals surface area (Å²) in [4.78, 5) is 32.8. The van der Waals surface area contributed by atoms with Gasteiger partial charge >= 0.3 is 0 Å². The SMILES string of the molecule is CCOc1ccccc1-c1nc(CC(=O)Nc2nc(-c3ccc(NC(C)=O)cc3)cs2)cs1. The molecule has 2 amide bonds. The average molecular weight is 479 g/mol. The molecule has 168 valence electrons. The van der Waals surface area contributed by atoms with Crippen LogP contribution in [0.3, 0.4) is 0 Å². The molecule has 2 aromatic carbocycles. The fraction of sp³-hybridized carbons (Fsp3) is 0.167. The standard InChI is InChI=1S/C24H22N4O3S2/c1-3-31-21-7-5-4-6-19(21)23-26-18(13-32-23)12-22(30)28-24-27-20(14-33-24)16-8-10-17(11-9-16)25-15(2)29/h4-11,13-14H,3,12H2,1-2H3,(H,25,29)(H,27,28,30). The number of hydrogen-bond acceptors (Lipinski definition) is 7. The molecular weight excluding hydrogens is 456 g/mol. The third-order valence-corrected chi connectivity index (χ3v) is 6.24. The minimum atomic E-state index is -0.174. The Balaban J connectivity index is 1.38. The van der Waals surface area contributed by atoms with E-state index < -0.39 is 0 Å². The minimum absolute atomic E-state index is 0.118. The van der Waals surface area contributed by atoms with Crippen LogP contribution in [0.15, 0.2) is 59.3 Å². The van der Waals surface area contributed by atoms with Gasteiger partial charge in [-0.2, -0.15) is 0 Å². The highest BCUT2D eigenvalue weighted by atomic mass is 32.1. The number of benzene rings is 2. The van der Waals surface area contributed by atoms with Crippen molar-refractivity contribution in [3.05, 3.63) is 65.0 Å². The first-order chi connectivity index (χ1) is 16.0. The van der Waals surface area contributed by atoms with Gasteiger partial charge in [-0.05, 0) is 31.2 Å². The summed E-state index contributed by atoms with van der Waals surface area (Å²) in [6.07, 6.45) is 0.160. The van der Waals surface area contributed by atoms with Crippen molar-refractivity contribution in [2.45, 2.75) is 20.3 Å². The van der Waals surface area contributed by atoms with Gasteiger partial charge in [0.1, 0.15) is 10.8 Å². The summed E-state index contributed by atoms with van der Waals surface area (Å²) in [7, 11) is 0. The number of rotatable bonds is 8. The highest BCUT2D eigenvalue weighted by Crippen LogP contribution is 2.32. The van der Waals surface area contributed by atoms with Crippen LogP contribution in [0.4, 0.5) is 10.8 Å². The molecule has 4 aromatic rings. The molecule has 0 aliphatic carbocycles. The monoisotopic (exact) mass is 478 g/mol. The van der Waals surface area contributed by atoms with Crippen molar-refractivity contribution in [3.8, 4) is 27.6 Å². The first-order valence-electron chi connectivity index (χ1n) is 10.3. The van der Waals surface area contributed by atoms with Crippen molar-refractivity contribution < 1.29 is 14.3 Å². The van der Waals surface area contributed by atoms with Crippen molar-refractivity contribution in [1.82, 2.24) is 9.97 Å². The second-order valence-corrected chi connectivity index (χ2v) is 8.81. The molecule has 7 nitrogen and oxygen atoms in total. The number of aromatic nitrogens is 2. The van der Waals surface area contributed by atoms with E-state index in [0.717, 1.165) is 33.3 Å². The van der Waals surface area contributed by atoms with Crippen LogP contribution in [-0.2, 0) is 16.0 Å². The van der Waals surface area contributed by atoms with E-state index >= 15 is 0 Å². The normalized spacial score (nSPS) is 10.6. The van der Waals surface area contributed by atoms with Crippen molar-refractivity contribution in [2.75, 3.05) is 17.2 Å². The number of ether oxygens (including phenoxy) is 1. The molecule has 9 heteroatoms. The van der Waals surface area contributed by atoms with Gasteiger partial charge in [0.2, 0.25) is 11.8 Å². The maximum Gasteiger partial charge on any atom is 0.232 e. The summed E-state index contributed by atoms with van der Waals surface area (Å²) in [5.74, 6) is 0.491. The predicted octanol–water partition coefficient (Wildman–Crippen LogP) is 5.47. The van der Waals surface area contributed by atoms with Crippen LogP contribution < -0.4 is 15.4 Å². The quantitative estimate of drug-likeness (QED) is 0.350. The number of carbonyl (C=O) groups is 2. The van der Waals surface area contributed by atoms with Crippen LogP contribution in [-0.4, -0.2) is 28.4 Å². The molecule has 0 saturated carbocycles. The van der Waals surface area contributed by atoms with Crippen molar-refractivity contribution in [3.63, 3.8) is 0 Å². The fourth-order valence-corrected chi connectivity index (χ4v) is 4.74. The van der Waals surface area contributed by atoms with Gasteiger partial charge in [0.25, 0.3) is 0 Å². The molecule has 0 aliphatic rings. The Morgan fingerprint density at radius 3 is 2.52 bits per heavy atom. The maximum absolute atomic E-state index is 12.5. The molecule has 0 radical (unpaired) electrons. The highest BCUT2D eigenvalue weighted by Gasteiger charge is 2.14. The van der Waals surface area contributed by atoms with Crippen LogP contribution in [0, 0.1) is 0 Å². The Bertz CT molecular complexity index is 1260. The molecular formula is C24H22N4O3S2. The molecule has 0 saturated heterocycles. The third-order valence-electron chi connectivity index (χ3n) is 4.56. The summed E-state index contributed by atoms with van der Waals surface area (Å²) in [6.45, 7) is 3.99. The lowest BCUT2D eigenvalue weighted by Gasteiger charge is -2.07. The van der Waals surface area contributed by atoms with E-state index in [2.05, 4.69) is 20.6 Å². The Labute approximate surface area is 199 Å². The summed E-state index contributed by atoms with van der Waals surface area (Å²) in [5.41, 5.74) is 4.00. The number of hydrogen-bond donors (Lipinski definition) is 2. The van der Waals surface area contributed by atoms with Crippen LogP contribution in [0.25, 0.3) is 21.8 Å². The molecule has 0 aliphatic heterocycles. The predicted molar refractivity (Wildman–Crippen MR) is 133 cm³/mol. The first kappa shape index (κ1) is 22.6. The lowest BCUT2D eigenvalue weighted by atomic mass is 10.1. The highest BCUT2D eigenvalue weighted by molar-refractivity contribution is 7.14.